The van der Waals surface area contributed by atoms with E-state index in [0.29, 0.717) is 12.6 Å². The van der Waals surface area contributed by atoms with Crippen LogP contribution in [0.4, 0.5) is 0 Å². The van der Waals surface area contributed by atoms with Crippen LogP contribution in [0, 0.1) is 13.8 Å². The predicted molar refractivity (Wildman–Crippen MR) is 112 cm³/mol. The zero-order chi connectivity index (χ0) is 15.9. The molecule has 2 aromatic heterocycles. The highest BCUT2D eigenvalue weighted by Crippen LogP contribution is 2.16. The Labute approximate surface area is 163 Å². The number of nitrogens with zero attached hydrogens (tertiary/aromatic N) is 2. The lowest BCUT2D eigenvalue weighted by Crippen LogP contribution is -2.43. The number of hydrogen-bond donors (Lipinski definition) is 2. The lowest BCUT2D eigenvalue weighted by Gasteiger charge is -2.17. The fraction of sp³-hybridized carbons (Fsp3) is 0.500. The quantitative estimate of drug-likeness (QED) is 0.384. The van der Waals surface area contributed by atoms with Crippen molar-refractivity contribution in [3.8, 4) is 0 Å². The van der Waals surface area contributed by atoms with Crippen molar-refractivity contribution in [2.24, 2.45) is 4.99 Å². The standard InChI is InChI=1S/C16H24N4S2.HI/c1-5-17-16(19-10-15-9-18-13(4)22-15)20-11(2)8-14-7-6-12(3)21-14;/h6-7,9,11H,5,8,10H2,1-4H3,(H2,17,19,20);1H. The van der Waals surface area contributed by atoms with Gasteiger partial charge in [-0.2, -0.15) is 0 Å². The molecule has 2 N–H and O–H groups in total. The van der Waals surface area contributed by atoms with E-state index in [0.717, 1.165) is 23.9 Å². The van der Waals surface area contributed by atoms with Gasteiger partial charge in [-0.05, 0) is 39.8 Å². The van der Waals surface area contributed by atoms with E-state index in [1.54, 1.807) is 11.3 Å². The fourth-order valence-electron chi connectivity index (χ4n) is 2.14. The Balaban J connectivity index is 0.00000264. The van der Waals surface area contributed by atoms with Gasteiger partial charge in [0.2, 0.25) is 0 Å². The van der Waals surface area contributed by atoms with Crippen molar-refractivity contribution in [3.63, 3.8) is 0 Å². The van der Waals surface area contributed by atoms with Crippen LogP contribution in [0.2, 0.25) is 0 Å². The first-order valence-corrected chi connectivity index (χ1v) is 9.21. The highest BCUT2D eigenvalue weighted by Gasteiger charge is 2.08. The van der Waals surface area contributed by atoms with E-state index >= 15 is 0 Å². The van der Waals surface area contributed by atoms with E-state index in [1.165, 1.54) is 14.6 Å². The maximum absolute atomic E-state index is 4.65. The van der Waals surface area contributed by atoms with Crippen molar-refractivity contribution in [1.82, 2.24) is 15.6 Å². The maximum Gasteiger partial charge on any atom is 0.191 e. The summed E-state index contributed by atoms with van der Waals surface area (Å²) in [6, 6.07) is 4.74. The molecule has 0 bridgehead atoms. The molecule has 128 valence electrons. The van der Waals surface area contributed by atoms with E-state index in [4.69, 9.17) is 0 Å². The van der Waals surface area contributed by atoms with Gasteiger partial charge in [0.05, 0.1) is 11.6 Å². The van der Waals surface area contributed by atoms with Gasteiger partial charge in [0.1, 0.15) is 0 Å². The Morgan fingerprint density at radius 2 is 2.04 bits per heavy atom. The molecule has 2 rings (SSSR count). The molecule has 0 spiro atoms. The molecule has 4 nitrogen and oxygen atoms in total. The van der Waals surface area contributed by atoms with E-state index in [2.05, 4.69) is 53.5 Å². The zero-order valence-electron chi connectivity index (χ0n) is 14.0. The Morgan fingerprint density at radius 1 is 1.26 bits per heavy atom. The van der Waals surface area contributed by atoms with E-state index in [1.807, 2.05) is 24.5 Å². The van der Waals surface area contributed by atoms with Gasteiger partial charge in [-0.1, -0.05) is 0 Å². The van der Waals surface area contributed by atoms with Crippen molar-refractivity contribution in [2.45, 2.75) is 46.7 Å². The number of aryl methyl sites for hydroxylation is 2. The van der Waals surface area contributed by atoms with Gasteiger partial charge in [0.25, 0.3) is 0 Å². The van der Waals surface area contributed by atoms with Crippen LogP contribution in [0.15, 0.2) is 23.3 Å². The number of halogens is 1. The monoisotopic (exact) mass is 464 g/mol. The predicted octanol–water partition coefficient (Wildman–Crippen LogP) is 4.13. The summed E-state index contributed by atoms with van der Waals surface area (Å²) in [6.07, 6.45) is 2.92. The first kappa shape index (κ1) is 20.4. The summed E-state index contributed by atoms with van der Waals surface area (Å²) in [7, 11) is 0. The SMILES string of the molecule is CCNC(=NCc1cnc(C)s1)NC(C)Cc1ccc(C)s1.I. The molecule has 23 heavy (non-hydrogen) atoms. The van der Waals surface area contributed by atoms with Crippen LogP contribution in [0.3, 0.4) is 0 Å². The largest absolute Gasteiger partial charge is 0.357 e. The molecular weight excluding hydrogens is 439 g/mol. The maximum atomic E-state index is 4.65. The van der Waals surface area contributed by atoms with E-state index < -0.39 is 0 Å². The average Bonchev–Trinajstić information content (AvgIpc) is 3.05. The second-order valence-electron chi connectivity index (χ2n) is 5.30. The summed E-state index contributed by atoms with van der Waals surface area (Å²) in [5, 5.41) is 7.88. The van der Waals surface area contributed by atoms with Gasteiger partial charge in [-0.3, -0.25) is 0 Å². The Hall–Kier alpha value is -0.670. The normalized spacial score (nSPS) is 12.6. The molecule has 0 amide bonds. The van der Waals surface area contributed by atoms with Crippen molar-refractivity contribution in [2.75, 3.05) is 6.54 Å². The molecular formula is C16H25IN4S2. The second kappa shape index (κ2) is 10.2. The number of aromatic nitrogens is 1. The molecule has 1 unspecified atom stereocenters. The minimum Gasteiger partial charge on any atom is -0.357 e. The summed E-state index contributed by atoms with van der Waals surface area (Å²) in [5.74, 6) is 0.870. The smallest absolute Gasteiger partial charge is 0.191 e. The highest BCUT2D eigenvalue weighted by molar-refractivity contribution is 14.0. The van der Waals surface area contributed by atoms with Gasteiger partial charge in [-0.15, -0.1) is 46.7 Å². The molecule has 0 radical (unpaired) electrons. The lowest BCUT2D eigenvalue weighted by atomic mass is 10.2. The molecule has 1 atom stereocenters. The van der Waals surface area contributed by atoms with E-state index in [-0.39, 0.29) is 24.0 Å². The third-order valence-electron chi connectivity index (χ3n) is 3.09. The molecule has 0 saturated heterocycles. The summed E-state index contributed by atoms with van der Waals surface area (Å²) < 4.78 is 0. The van der Waals surface area contributed by atoms with Gasteiger partial charge < -0.3 is 10.6 Å². The van der Waals surface area contributed by atoms with Crippen LogP contribution in [0.25, 0.3) is 0 Å². The number of nitrogens with one attached hydrogen (secondary N) is 2. The van der Waals surface area contributed by atoms with Crippen LogP contribution in [0.5, 0.6) is 0 Å². The van der Waals surface area contributed by atoms with Crippen LogP contribution >= 0.6 is 46.7 Å². The minimum absolute atomic E-state index is 0. The molecule has 2 aromatic rings. The zero-order valence-corrected chi connectivity index (χ0v) is 18.0. The molecule has 0 aliphatic rings. The van der Waals surface area contributed by atoms with Gasteiger partial charge in [0.15, 0.2) is 5.96 Å². The van der Waals surface area contributed by atoms with Crippen molar-refractivity contribution in [3.05, 3.63) is 38.0 Å². The number of thiazole rings is 1. The second-order valence-corrected chi connectivity index (χ2v) is 7.99. The number of rotatable bonds is 6. The van der Waals surface area contributed by atoms with Crippen LogP contribution in [-0.4, -0.2) is 23.5 Å². The fourth-order valence-corrected chi connectivity index (χ4v) is 3.87. The molecule has 0 saturated carbocycles. The van der Waals surface area contributed by atoms with Crippen molar-refractivity contribution < 1.29 is 0 Å². The molecule has 7 heteroatoms. The van der Waals surface area contributed by atoms with Crippen LogP contribution < -0.4 is 10.6 Å². The first-order valence-electron chi connectivity index (χ1n) is 7.58. The average molecular weight is 464 g/mol. The molecule has 0 aromatic carbocycles. The third kappa shape index (κ3) is 7.17. The summed E-state index contributed by atoms with van der Waals surface area (Å²) in [5.41, 5.74) is 0. The molecule has 0 aliphatic carbocycles. The minimum atomic E-state index is 0. The summed E-state index contributed by atoms with van der Waals surface area (Å²) in [6.45, 7) is 9.98. The number of thiophene rings is 1. The first-order chi connectivity index (χ1) is 10.6. The topological polar surface area (TPSA) is 49.3 Å². The number of aliphatic imine (C=N–C) groups is 1. The van der Waals surface area contributed by atoms with Crippen molar-refractivity contribution >= 4 is 52.6 Å². The highest BCUT2D eigenvalue weighted by atomic mass is 127. The third-order valence-corrected chi connectivity index (χ3v) is 5.01. The summed E-state index contributed by atoms with van der Waals surface area (Å²) in [4.78, 5) is 12.9. The number of hydrogen-bond acceptors (Lipinski definition) is 4. The van der Waals surface area contributed by atoms with Gasteiger partial charge >= 0.3 is 0 Å². The van der Waals surface area contributed by atoms with Crippen LogP contribution in [-0.2, 0) is 13.0 Å². The van der Waals surface area contributed by atoms with E-state index in [9.17, 15) is 0 Å². The van der Waals surface area contributed by atoms with Crippen molar-refractivity contribution in [1.29, 1.82) is 0 Å². The Bertz CT molecular complexity index is 621. The Morgan fingerprint density at radius 3 is 2.61 bits per heavy atom. The molecule has 2 heterocycles. The molecule has 0 fully saturated rings. The van der Waals surface area contributed by atoms with Gasteiger partial charge in [0, 0.05) is 39.8 Å². The summed E-state index contributed by atoms with van der Waals surface area (Å²) >= 11 is 3.56. The lowest BCUT2D eigenvalue weighted by molar-refractivity contribution is 0.645. The number of guanidine groups is 1. The molecule has 0 aliphatic heterocycles. The van der Waals surface area contributed by atoms with Gasteiger partial charge in [-0.25, -0.2) is 9.98 Å². The Kier molecular flexibility index (Phi) is 9.08. The van der Waals surface area contributed by atoms with Crippen LogP contribution in [0.1, 0.15) is 33.5 Å².